The Balaban J connectivity index is 1.74. The second kappa shape index (κ2) is 7.56. The highest BCUT2D eigenvalue weighted by Crippen LogP contribution is 2.10. The second-order valence-electron chi connectivity index (χ2n) is 6.01. The third-order valence-corrected chi connectivity index (χ3v) is 4.38. The van der Waals surface area contributed by atoms with Crippen molar-refractivity contribution >= 4 is 11.6 Å². The van der Waals surface area contributed by atoms with E-state index in [1.165, 1.54) is 0 Å². The minimum atomic E-state index is -0.339. The third kappa shape index (κ3) is 4.93. The van der Waals surface area contributed by atoms with Crippen LogP contribution < -0.4 is 0 Å². The maximum Gasteiger partial charge on any atom is 0.128 e. The summed E-state index contributed by atoms with van der Waals surface area (Å²) in [6.07, 6.45) is 1.32. The van der Waals surface area contributed by atoms with Crippen LogP contribution >= 0.6 is 11.6 Å². The van der Waals surface area contributed by atoms with Crippen molar-refractivity contribution in [3.63, 3.8) is 0 Å². The lowest BCUT2D eigenvalue weighted by Gasteiger charge is -2.34. The van der Waals surface area contributed by atoms with Crippen molar-refractivity contribution in [3.05, 3.63) is 17.2 Å². The Labute approximate surface area is 131 Å². The minimum absolute atomic E-state index is 0.339. The van der Waals surface area contributed by atoms with Crippen molar-refractivity contribution in [2.75, 3.05) is 53.4 Å². The van der Waals surface area contributed by atoms with Gasteiger partial charge in [0.05, 0.1) is 18.8 Å². The van der Waals surface area contributed by atoms with Gasteiger partial charge in [-0.3, -0.25) is 9.80 Å². The molecule has 1 aliphatic rings. The van der Waals surface area contributed by atoms with Gasteiger partial charge < -0.3 is 14.6 Å². The van der Waals surface area contributed by atoms with E-state index < -0.39 is 0 Å². The summed E-state index contributed by atoms with van der Waals surface area (Å²) in [7, 11) is 6.04. The Morgan fingerprint density at radius 3 is 2.57 bits per heavy atom. The van der Waals surface area contributed by atoms with Gasteiger partial charge in [0.25, 0.3) is 0 Å². The van der Waals surface area contributed by atoms with E-state index in [2.05, 4.69) is 26.7 Å². The van der Waals surface area contributed by atoms with E-state index >= 15 is 0 Å². The smallest absolute Gasteiger partial charge is 0.128 e. The molecule has 1 saturated heterocycles. The minimum Gasteiger partial charge on any atom is -0.390 e. The fraction of sp³-hybridized carbons (Fsp3) is 0.786. The Morgan fingerprint density at radius 2 is 2.00 bits per heavy atom. The van der Waals surface area contributed by atoms with Crippen molar-refractivity contribution in [1.82, 2.24) is 24.3 Å². The van der Waals surface area contributed by atoms with Crippen LogP contribution in [0.3, 0.4) is 0 Å². The van der Waals surface area contributed by atoms with Crippen LogP contribution in [0.15, 0.2) is 6.20 Å². The molecule has 1 unspecified atom stereocenters. The van der Waals surface area contributed by atoms with Gasteiger partial charge in [-0.15, -0.1) is 0 Å². The highest BCUT2D eigenvalue weighted by atomic mass is 35.5. The molecule has 0 bridgehead atoms. The largest absolute Gasteiger partial charge is 0.390 e. The SMILES string of the molecule is CN1CCN(CC(O)CN(C)Cc2ncc(Cl)n2C)CC1. The Bertz CT molecular complexity index is 445. The fourth-order valence-electron chi connectivity index (χ4n) is 2.62. The van der Waals surface area contributed by atoms with Gasteiger partial charge >= 0.3 is 0 Å². The number of hydrogen-bond donors (Lipinski definition) is 1. The summed E-state index contributed by atoms with van der Waals surface area (Å²) in [6, 6.07) is 0. The number of piperazine rings is 1. The van der Waals surface area contributed by atoms with Crippen LogP contribution in [0.4, 0.5) is 0 Å². The lowest BCUT2D eigenvalue weighted by Crippen LogP contribution is -2.48. The van der Waals surface area contributed by atoms with Gasteiger partial charge in [0.15, 0.2) is 0 Å². The summed E-state index contributed by atoms with van der Waals surface area (Å²) in [4.78, 5) is 11.0. The van der Waals surface area contributed by atoms with Crippen molar-refractivity contribution in [1.29, 1.82) is 0 Å². The first-order chi connectivity index (χ1) is 9.95. The number of aliphatic hydroxyl groups excluding tert-OH is 1. The summed E-state index contributed by atoms with van der Waals surface area (Å²) in [5.41, 5.74) is 0. The van der Waals surface area contributed by atoms with Crippen LogP contribution in [-0.4, -0.2) is 88.8 Å². The average Bonchev–Trinajstić information content (AvgIpc) is 2.73. The van der Waals surface area contributed by atoms with Crippen molar-refractivity contribution in [3.8, 4) is 0 Å². The zero-order valence-electron chi connectivity index (χ0n) is 13.2. The molecule has 120 valence electrons. The van der Waals surface area contributed by atoms with Gasteiger partial charge in [-0.25, -0.2) is 4.98 Å². The summed E-state index contributed by atoms with van der Waals surface area (Å²) in [5, 5.41) is 10.9. The molecule has 0 radical (unpaired) electrons. The second-order valence-corrected chi connectivity index (χ2v) is 6.40. The summed E-state index contributed by atoms with van der Waals surface area (Å²) < 4.78 is 1.87. The molecule has 1 fully saturated rings. The predicted molar refractivity (Wildman–Crippen MR) is 84.5 cm³/mol. The molecule has 1 aromatic heterocycles. The van der Waals surface area contributed by atoms with E-state index in [-0.39, 0.29) is 6.10 Å². The number of hydrogen-bond acceptors (Lipinski definition) is 5. The molecule has 2 heterocycles. The molecule has 0 amide bonds. The molecule has 1 aliphatic heterocycles. The first-order valence-electron chi connectivity index (χ1n) is 7.39. The molecule has 6 nitrogen and oxygen atoms in total. The number of aliphatic hydroxyl groups is 1. The topological polar surface area (TPSA) is 47.8 Å². The van der Waals surface area contributed by atoms with Crippen LogP contribution in [-0.2, 0) is 13.6 Å². The highest BCUT2D eigenvalue weighted by molar-refractivity contribution is 6.29. The van der Waals surface area contributed by atoms with Crippen LogP contribution in [0.1, 0.15) is 5.82 Å². The van der Waals surface area contributed by atoms with E-state index in [9.17, 15) is 5.11 Å². The molecule has 2 rings (SSSR count). The molecule has 1 aromatic rings. The van der Waals surface area contributed by atoms with Crippen LogP contribution in [0.25, 0.3) is 0 Å². The molecule has 21 heavy (non-hydrogen) atoms. The quantitative estimate of drug-likeness (QED) is 0.808. The van der Waals surface area contributed by atoms with E-state index in [4.69, 9.17) is 11.6 Å². The summed E-state index contributed by atoms with van der Waals surface area (Å²) >= 11 is 5.98. The Hall–Kier alpha value is -0.660. The monoisotopic (exact) mass is 315 g/mol. The normalized spacial score (nSPS) is 19.3. The van der Waals surface area contributed by atoms with Gasteiger partial charge in [-0.1, -0.05) is 11.6 Å². The van der Waals surface area contributed by atoms with E-state index in [1.807, 2.05) is 18.7 Å². The molecule has 0 spiro atoms. The number of aromatic nitrogens is 2. The van der Waals surface area contributed by atoms with Gasteiger partial charge in [-0.05, 0) is 14.1 Å². The van der Waals surface area contributed by atoms with E-state index in [0.29, 0.717) is 18.2 Å². The molecule has 0 aromatic carbocycles. The first-order valence-corrected chi connectivity index (χ1v) is 7.77. The van der Waals surface area contributed by atoms with Crippen molar-refractivity contribution in [2.45, 2.75) is 12.6 Å². The molecule has 0 saturated carbocycles. The summed E-state index contributed by atoms with van der Waals surface area (Å²) in [6.45, 7) is 6.28. The number of rotatable bonds is 6. The van der Waals surface area contributed by atoms with Gasteiger partial charge in [0.2, 0.25) is 0 Å². The standard InChI is InChI=1S/C14H26ClN5O/c1-17-4-6-20(7-5-17)10-12(21)9-18(2)11-14-16-8-13(15)19(14)3/h8,12,21H,4-7,9-11H2,1-3H3. The molecule has 1 N–H and O–H groups in total. The van der Waals surface area contributed by atoms with E-state index in [0.717, 1.165) is 38.5 Å². The summed E-state index contributed by atoms with van der Waals surface area (Å²) in [5.74, 6) is 0.911. The molecule has 1 atom stereocenters. The first kappa shape index (κ1) is 16.7. The zero-order valence-corrected chi connectivity index (χ0v) is 13.9. The van der Waals surface area contributed by atoms with Gasteiger partial charge in [0.1, 0.15) is 11.0 Å². The number of likely N-dealkylation sites (N-methyl/N-ethyl adjacent to an activating group) is 2. The predicted octanol–water partition coefficient (Wildman–Crippen LogP) is 0.114. The Kier molecular flexibility index (Phi) is 6.01. The van der Waals surface area contributed by atoms with Crippen molar-refractivity contribution in [2.24, 2.45) is 7.05 Å². The van der Waals surface area contributed by atoms with Crippen LogP contribution in [0.5, 0.6) is 0 Å². The third-order valence-electron chi connectivity index (χ3n) is 4.03. The zero-order chi connectivity index (χ0) is 15.4. The number of halogens is 1. The molecule has 7 heteroatoms. The van der Waals surface area contributed by atoms with Gasteiger partial charge in [0, 0.05) is 46.3 Å². The maximum absolute atomic E-state index is 10.2. The highest BCUT2D eigenvalue weighted by Gasteiger charge is 2.18. The Morgan fingerprint density at radius 1 is 1.33 bits per heavy atom. The molecular weight excluding hydrogens is 290 g/mol. The number of imidazole rings is 1. The van der Waals surface area contributed by atoms with E-state index in [1.54, 1.807) is 6.20 Å². The molecule has 0 aliphatic carbocycles. The van der Waals surface area contributed by atoms with Gasteiger partial charge in [-0.2, -0.15) is 0 Å². The lowest BCUT2D eigenvalue weighted by atomic mass is 10.2. The fourth-order valence-corrected chi connectivity index (χ4v) is 2.77. The number of β-amino-alcohol motifs (C(OH)–C–C–N with tert-alkyl or cyclic N) is 1. The molecular formula is C14H26ClN5O. The van der Waals surface area contributed by atoms with Crippen LogP contribution in [0.2, 0.25) is 5.15 Å². The lowest BCUT2D eigenvalue weighted by molar-refractivity contribution is 0.0587. The average molecular weight is 316 g/mol. The number of nitrogens with zero attached hydrogens (tertiary/aromatic N) is 5. The van der Waals surface area contributed by atoms with Crippen LogP contribution in [0, 0.1) is 0 Å². The van der Waals surface area contributed by atoms with Crippen molar-refractivity contribution < 1.29 is 5.11 Å². The maximum atomic E-state index is 10.2.